The van der Waals surface area contributed by atoms with Gasteiger partial charge in [-0.2, -0.15) is 9.78 Å². The normalized spacial score (nSPS) is 19.1. The van der Waals surface area contributed by atoms with Gasteiger partial charge in [0.2, 0.25) is 11.7 Å². The third-order valence-electron chi connectivity index (χ3n) is 8.07. The zero-order chi connectivity index (χ0) is 29.3. The maximum atomic E-state index is 11.1. The van der Waals surface area contributed by atoms with Gasteiger partial charge in [-0.1, -0.05) is 4.98 Å². The van der Waals surface area contributed by atoms with Crippen molar-refractivity contribution < 1.29 is 14.4 Å². The predicted molar refractivity (Wildman–Crippen MR) is 152 cm³/mol. The second-order valence-corrected chi connectivity index (χ2v) is 10.7. The van der Waals surface area contributed by atoms with Crippen molar-refractivity contribution in [3.05, 3.63) is 59.1 Å². The van der Waals surface area contributed by atoms with Gasteiger partial charge in [-0.05, 0) is 41.9 Å². The summed E-state index contributed by atoms with van der Waals surface area (Å²) in [4.78, 5) is 32.0. The molecule has 1 aliphatic heterocycles. The van der Waals surface area contributed by atoms with Gasteiger partial charge < -0.3 is 29.1 Å². The lowest BCUT2D eigenvalue weighted by Crippen LogP contribution is -2.36. The van der Waals surface area contributed by atoms with Gasteiger partial charge in [-0.3, -0.25) is 4.98 Å². The van der Waals surface area contributed by atoms with Crippen LogP contribution < -0.4 is 9.64 Å². The van der Waals surface area contributed by atoms with Gasteiger partial charge in [0.25, 0.3) is 0 Å². The van der Waals surface area contributed by atoms with Crippen LogP contribution in [0, 0.1) is 10.1 Å². The van der Waals surface area contributed by atoms with E-state index in [0.717, 1.165) is 55.5 Å². The average Bonchev–Trinajstić information content (AvgIpc) is 3.81. The van der Waals surface area contributed by atoms with E-state index in [1.165, 1.54) is 15.6 Å². The minimum Gasteiger partial charge on any atom is -0.474 e. The monoisotopic (exact) mass is 586 g/mol. The van der Waals surface area contributed by atoms with Gasteiger partial charge in [0.05, 0.1) is 37.5 Å². The summed E-state index contributed by atoms with van der Waals surface area (Å²) in [6, 6.07) is 4.33. The summed E-state index contributed by atoms with van der Waals surface area (Å²) >= 11 is 0. The lowest BCUT2D eigenvalue weighted by Gasteiger charge is -2.31. The number of nitrogens with zero attached hydrogens (tertiary/aromatic N) is 12. The quantitative estimate of drug-likeness (QED) is 0.193. The Bertz CT molecular complexity index is 1740. The van der Waals surface area contributed by atoms with Crippen LogP contribution in [0.1, 0.15) is 37.4 Å². The Kier molecular flexibility index (Phi) is 7.10. The number of ether oxygens (including phenoxy) is 2. The molecule has 16 heteroatoms. The van der Waals surface area contributed by atoms with E-state index in [1.54, 1.807) is 13.2 Å². The fraction of sp³-hybridized carbons (Fsp3) is 0.444. The van der Waals surface area contributed by atoms with Gasteiger partial charge in [0.1, 0.15) is 30.4 Å². The molecule has 43 heavy (non-hydrogen) atoms. The molecular formula is C27H30N12O4. The molecule has 2 fully saturated rings. The molecule has 2 aliphatic rings. The summed E-state index contributed by atoms with van der Waals surface area (Å²) in [6.07, 6.45) is 12.7. The fourth-order valence-corrected chi connectivity index (χ4v) is 5.67. The first-order valence-electron chi connectivity index (χ1n) is 14.2. The average molecular weight is 587 g/mol. The van der Waals surface area contributed by atoms with E-state index < -0.39 is 4.92 Å². The molecule has 0 atom stereocenters. The Morgan fingerprint density at radius 3 is 2.70 bits per heavy atom. The van der Waals surface area contributed by atoms with Crippen LogP contribution in [0.4, 0.5) is 11.8 Å². The third-order valence-corrected chi connectivity index (χ3v) is 8.07. The molecule has 1 saturated heterocycles. The smallest absolute Gasteiger partial charge is 0.434 e. The molecule has 5 aromatic heterocycles. The van der Waals surface area contributed by atoms with Crippen LogP contribution in [0.25, 0.3) is 22.3 Å². The lowest BCUT2D eigenvalue weighted by atomic mass is 9.93. The second kappa shape index (κ2) is 11.4. The van der Waals surface area contributed by atoms with Crippen LogP contribution in [0.5, 0.6) is 5.88 Å². The minimum absolute atomic E-state index is 0.0287. The molecule has 6 heterocycles. The van der Waals surface area contributed by atoms with Crippen LogP contribution in [0.15, 0.2) is 43.2 Å². The van der Waals surface area contributed by atoms with Gasteiger partial charge in [0, 0.05) is 49.4 Å². The number of anilines is 1. The maximum absolute atomic E-state index is 11.1. The number of fused-ring (bicyclic) bond motifs is 1. The van der Waals surface area contributed by atoms with Crippen molar-refractivity contribution in [3.8, 4) is 17.3 Å². The first-order valence-corrected chi connectivity index (χ1v) is 14.2. The molecule has 222 valence electrons. The summed E-state index contributed by atoms with van der Waals surface area (Å²) in [5.74, 6) is 1.47. The van der Waals surface area contributed by atoms with E-state index in [0.29, 0.717) is 42.2 Å². The van der Waals surface area contributed by atoms with Gasteiger partial charge >= 0.3 is 5.95 Å². The summed E-state index contributed by atoms with van der Waals surface area (Å²) in [6.45, 7) is 2.96. The van der Waals surface area contributed by atoms with Crippen LogP contribution in [-0.4, -0.2) is 86.6 Å². The number of hydrogen-bond donors (Lipinski definition) is 0. The summed E-state index contributed by atoms with van der Waals surface area (Å²) < 4.78 is 15.7. The van der Waals surface area contributed by atoms with Crippen LogP contribution in [0.2, 0.25) is 0 Å². The molecule has 5 aromatic rings. The van der Waals surface area contributed by atoms with E-state index in [1.807, 2.05) is 30.9 Å². The molecular weight excluding hydrogens is 556 g/mol. The number of imidazole rings is 2. The number of morpholine rings is 1. The van der Waals surface area contributed by atoms with E-state index in [4.69, 9.17) is 19.4 Å². The first-order chi connectivity index (χ1) is 21.0. The van der Waals surface area contributed by atoms with Crippen molar-refractivity contribution in [1.82, 2.24) is 49.3 Å². The highest BCUT2D eigenvalue weighted by Gasteiger charge is 2.26. The summed E-state index contributed by atoms with van der Waals surface area (Å²) in [7, 11) is 1.58. The predicted octanol–water partition coefficient (Wildman–Crippen LogP) is 2.57. The fourth-order valence-electron chi connectivity index (χ4n) is 5.67. The second-order valence-electron chi connectivity index (χ2n) is 10.7. The van der Waals surface area contributed by atoms with Crippen molar-refractivity contribution in [3.63, 3.8) is 0 Å². The van der Waals surface area contributed by atoms with Gasteiger partial charge in [0.15, 0.2) is 0 Å². The number of pyridine rings is 2. The van der Waals surface area contributed by atoms with Crippen molar-refractivity contribution >= 4 is 22.7 Å². The van der Waals surface area contributed by atoms with Gasteiger partial charge in [-0.25, -0.2) is 9.55 Å². The van der Waals surface area contributed by atoms with Crippen molar-refractivity contribution in [2.24, 2.45) is 7.05 Å². The topological polar surface area (TPSA) is 170 Å². The minimum atomic E-state index is -0.534. The molecule has 7 rings (SSSR count). The van der Waals surface area contributed by atoms with E-state index in [-0.39, 0.29) is 18.6 Å². The molecule has 1 saturated carbocycles. The van der Waals surface area contributed by atoms with E-state index in [2.05, 4.69) is 34.8 Å². The zero-order valence-corrected chi connectivity index (χ0v) is 23.6. The van der Waals surface area contributed by atoms with Crippen molar-refractivity contribution in [2.75, 3.05) is 31.2 Å². The number of rotatable bonds is 8. The van der Waals surface area contributed by atoms with Crippen LogP contribution in [-0.2, 0) is 18.3 Å². The van der Waals surface area contributed by atoms with Crippen molar-refractivity contribution in [1.29, 1.82) is 0 Å². The summed E-state index contributed by atoms with van der Waals surface area (Å²) in [5.41, 5.74) is 1.99. The molecule has 0 N–H and O–H groups in total. The maximum Gasteiger partial charge on any atom is 0.434 e. The van der Waals surface area contributed by atoms with Crippen LogP contribution in [0.3, 0.4) is 0 Å². The Labute approximate surface area is 245 Å². The molecule has 16 nitrogen and oxygen atoms in total. The number of aromatic nitrogens is 10. The Morgan fingerprint density at radius 1 is 1.12 bits per heavy atom. The molecule has 1 aliphatic carbocycles. The van der Waals surface area contributed by atoms with Crippen molar-refractivity contribution in [2.45, 2.75) is 44.4 Å². The van der Waals surface area contributed by atoms with Gasteiger partial charge in [-0.15, -0.1) is 10.2 Å². The Hall–Kier alpha value is -4.99. The first kappa shape index (κ1) is 26.9. The highest BCUT2D eigenvalue weighted by Crippen LogP contribution is 2.35. The van der Waals surface area contributed by atoms with Crippen LogP contribution >= 0.6 is 0 Å². The molecule has 0 radical (unpaired) electrons. The van der Waals surface area contributed by atoms with E-state index in [9.17, 15) is 10.1 Å². The molecule has 0 spiro atoms. The highest BCUT2D eigenvalue weighted by atomic mass is 16.6. The molecule has 0 bridgehead atoms. The summed E-state index contributed by atoms with van der Waals surface area (Å²) in [5, 5.41) is 24.8. The van der Waals surface area contributed by atoms with E-state index >= 15 is 0 Å². The number of hydrogen-bond acceptors (Lipinski definition) is 12. The standard InChI is InChI=1S/C27H30N12O4/c1-35-20(15-30-27(35)39(40)41)16-38-33-25(32-34-38)18-12-22-23(29-14-18)13-24(36-8-10-42-11-9-36)31-26(22)43-21-4-2-19(3-5-21)37-7-6-28-17-37/h6-7,12-15,17,19,21H,2-5,8-11,16H2,1H3/t19-,21+. The largest absolute Gasteiger partial charge is 0.474 e. The Balaban J connectivity index is 1.16. The molecule has 0 unspecified atom stereocenters. The number of nitro groups is 1. The third kappa shape index (κ3) is 5.48. The SMILES string of the molecule is Cn1c(Cn2nnc(-c3cnc4cc(N5CCOCC5)nc(O[C@H]5CC[C@@H](n6ccnc6)CC5)c4c3)n2)cnc1[N+](=O)[O-]. The zero-order valence-electron chi connectivity index (χ0n) is 23.6. The Morgan fingerprint density at radius 2 is 1.95 bits per heavy atom. The highest BCUT2D eigenvalue weighted by molar-refractivity contribution is 5.88. The molecule has 0 aromatic carbocycles. The lowest BCUT2D eigenvalue weighted by molar-refractivity contribution is -0.396. The number of tetrazole rings is 1. The molecule has 0 amide bonds.